The van der Waals surface area contributed by atoms with Crippen LogP contribution in [-0.4, -0.2) is 42.9 Å². The van der Waals surface area contributed by atoms with Crippen LogP contribution in [0.15, 0.2) is 88.7 Å². The van der Waals surface area contributed by atoms with E-state index in [-0.39, 0.29) is 11.8 Å². The highest BCUT2D eigenvalue weighted by molar-refractivity contribution is 8.04. The van der Waals surface area contributed by atoms with Crippen LogP contribution in [0.4, 0.5) is 5.69 Å². The normalized spacial score (nSPS) is 17.5. The predicted molar refractivity (Wildman–Crippen MR) is 132 cm³/mol. The zero-order valence-corrected chi connectivity index (χ0v) is 19.1. The second-order valence-electron chi connectivity index (χ2n) is 8.39. The van der Waals surface area contributed by atoms with Crippen molar-refractivity contribution < 1.29 is 14.5 Å². The van der Waals surface area contributed by atoms with Gasteiger partial charge >= 0.3 is 0 Å². The first kappa shape index (κ1) is 21.5. The second kappa shape index (κ2) is 9.65. The molecule has 33 heavy (non-hydrogen) atoms. The fourth-order valence-corrected chi connectivity index (χ4v) is 5.20. The third kappa shape index (κ3) is 5.02. The Morgan fingerprint density at radius 1 is 0.939 bits per heavy atom. The summed E-state index contributed by atoms with van der Waals surface area (Å²) in [6.07, 6.45) is 1.87. The number of piperazine rings is 1. The second-order valence-corrected chi connectivity index (χ2v) is 9.47. The molecule has 0 unspecified atom stereocenters. The van der Waals surface area contributed by atoms with Gasteiger partial charge in [-0.3, -0.25) is 9.59 Å². The first-order valence-electron chi connectivity index (χ1n) is 11.2. The van der Waals surface area contributed by atoms with E-state index in [1.165, 1.54) is 22.2 Å². The molecule has 0 spiro atoms. The van der Waals surface area contributed by atoms with Crippen molar-refractivity contribution in [2.45, 2.75) is 11.4 Å². The Morgan fingerprint density at radius 3 is 2.39 bits per heavy atom. The molecule has 0 aromatic heterocycles. The Hall–Kier alpha value is -3.35. The molecule has 6 heteroatoms. The lowest BCUT2D eigenvalue weighted by atomic mass is 10.1. The van der Waals surface area contributed by atoms with Gasteiger partial charge in [0, 0.05) is 16.0 Å². The van der Waals surface area contributed by atoms with Crippen molar-refractivity contribution in [2.24, 2.45) is 0 Å². The summed E-state index contributed by atoms with van der Waals surface area (Å²) in [4.78, 5) is 30.5. The standard InChI is InChI=1S/C27H25N3O2S/c31-26-25(33-24-9-5-4-8-23(24)28-26)18-20-10-12-22(13-11-20)27(32)30-16-14-29(15-17-30)19-21-6-2-1-3-7-21/h1-13,18H,14-17,19H2,(H,28,31)/p+1. The van der Waals surface area contributed by atoms with E-state index in [4.69, 9.17) is 0 Å². The maximum Gasteiger partial charge on any atom is 0.262 e. The number of quaternary nitrogens is 1. The van der Waals surface area contributed by atoms with Crippen LogP contribution in [0.3, 0.4) is 0 Å². The van der Waals surface area contributed by atoms with Gasteiger partial charge in [-0.05, 0) is 35.9 Å². The fraction of sp³-hybridized carbons (Fsp3) is 0.185. The number of hydrogen-bond acceptors (Lipinski definition) is 3. The molecule has 3 aromatic rings. The molecule has 0 aliphatic carbocycles. The van der Waals surface area contributed by atoms with Gasteiger partial charge in [-0.1, -0.05) is 66.4 Å². The quantitative estimate of drug-likeness (QED) is 0.593. The van der Waals surface area contributed by atoms with Crippen LogP contribution in [-0.2, 0) is 11.3 Å². The number of carbonyl (C=O) groups excluding carboxylic acids is 2. The number of fused-ring (bicyclic) bond motifs is 1. The maximum atomic E-state index is 13.0. The molecule has 0 atom stereocenters. The van der Waals surface area contributed by atoms with Crippen molar-refractivity contribution in [3.8, 4) is 0 Å². The zero-order valence-electron chi connectivity index (χ0n) is 18.3. The third-order valence-electron chi connectivity index (χ3n) is 6.09. The number of hydrogen-bond donors (Lipinski definition) is 2. The Labute approximate surface area is 198 Å². The molecular formula is C27H26N3O2S+. The lowest BCUT2D eigenvalue weighted by molar-refractivity contribution is -0.917. The number of benzene rings is 3. The number of carbonyl (C=O) groups is 2. The van der Waals surface area contributed by atoms with Gasteiger partial charge in [0.15, 0.2) is 0 Å². The first-order valence-corrected chi connectivity index (χ1v) is 12.0. The van der Waals surface area contributed by atoms with Crippen molar-refractivity contribution in [3.05, 3.63) is 100 Å². The Bertz CT molecular complexity index is 1180. The molecule has 1 fully saturated rings. The largest absolute Gasteiger partial charge is 0.328 e. The van der Waals surface area contributed by atoms with Crippen molar-refractivity contribution in [3.63, 3.8) is 0 Å². The molecule has 2 aliphatic heterocycles. The monoisotopic (exact) mass is 456 g/mol. The molecule has 5 rings (SSSR count). The average molecular weight is 457 g/mol. The van der Waals surface area contributed by atoms with Gasteiger partial charge in [0.25, 0.3) is 11.8 Å². The minimum atomic E-state index is -0.102. The molecule has 2 amide bonds. The van der Waals surface area contributed by atoms with Crippen molar-refractivity contribution in [1.29, 1.82) is 0 Å². The first-order chi connectivity index (χ1) is 16.2. The summed E-state index contributed by atoms with van der Waals surface area (Å²) in [6.45, 7) is 4.45. The number of nitrogens with one attached hydrogen (secondary N) is 2. The minimum Gasteiger partial charge on any atom is -0.328 e. The van der Waals surface area contributed by atoms with Crippen LogP contribution in [0.2, 0.25) is 0 Å². The van der Waals surface area contributed by atoms with Gasteiger partial charge in [0.2, 0.25) is 0 Å². The van der Waals surface area contributed by atoms with Crippen LogP contribution in [0.1, 0.15) is 21.5 Å². The van der Waals surface area contributed by atoms with Crippen LogP contribution in [0.25, 0.3) is 6.08 Å². The molecular weight excluding hydrogens is 430 g/mol. The summed E-state index contributed by atoms with van der Waals surface area (Å²) in [6, 6.07) is 25.8. The van der Waals surface area contributed by atoms with E-state index in [1.807, 2.05) is 65.6 Å². The third-order valence-corrected chi connectivity index (χ3v) is 7.19. The summed E-state index contributed by atoms with van der Waals surface area (Å²) in [5.41, 5.74) is 3.78. The number of rotatable bonds is 4. The number of amides is 2. The molecule has 2 N–H and O–H groups in total. The highest BCUT2D eigenvalue weighted by Crippen LogP contribution is 2.38. The SMILES string of the molecule is O=C1Nc2ccccc2SC1=Cc1ccc(C(=O)N2CC[NH+](Cc3ccccc3)CC2)cc1. The molecule has 2 aliphatic rings. The Morgan fingerprint density at radius 2 is 1.64 bits per heavy atom. The zero-order chi connectivity index (χ0) is 22.6. The molecule has 166 valence electrons. The highest BCUT2D eigenvalue weighted by Gasteiger charge is 2.25. The van der Waals surface area contributed by atoms with Crippen molar-refractivity contribution in [2.75, 3.05) is 31.5 Å². The summed E-state index contributed by atoms with van der Waals surface area (Å²) in [7, 11) is 0. The van der Waals surface area contributed by atoms with E-state index in [0.717, 1.165) is 48.9 Å². The molecule has 0 saturated carbocycles. The minimum absolute atomic E-state index is 0.0756. The maximum absolute atomic E-state index is 13.0. The van der Waals surface area contributed by atoms with Crippen LogP contribution >= 0.6 is 11.8 Å². The van der Waals surface area contributed by atoms with Gasteiger partial charge in [0.05, 0.1) is 36.8 Å². The van der Waals surface area contributed by atoms with E-state index in [1.54, 1.807) is 0 Å². The van der Waals surface area contributed by atoms with E-state index in [9.17, 15) is 9.59 Å². The van der Waals surface area contributed by atoms with Crippen molar-refractivity contribution >= 4 is 35.3 Å². The van der Waals surface area contributed by atoms with Gasteiger partial charge in [-0.15, -0.1) is 0 Å². The molecule has 0 radical (unpaired) electrons. The lowest BCUT2D eigenvalue weighted by Gasteiger charge is -2.32. The molecule has 2 heterocycles. The topological polar surface area (TPSA) is 53.9 Å². The Balaban J connectivity index is 1.20. The number of anilines is 1. The molecule has 3 aromatic carbocycles. The van der Waals surface area contributed by atoms with Crippen LogP contribution in [0.5, 0.6) is 0 Å². The fourth-order valence-electron chi connectivity index (χ4n) is 4.25. The summed E-state index contributed by atoms with van der Waals surface area (Å²) >= 11 is 1.47. The number of thioether (sulfide) groups is 1. The summed E-state index contributed by atoms with van der Waals surface area (Å²) < 4.78 is 0. The van der Waals surface area contributed by atoms with Gasteiger partial charge in [0.1, 0.15) is 6.54 Å². The van der Waals surface area contributed by atoms with Crippen LogP contribution in [0, 0.1) is 0 Å². The predicted octanol–water partition coefficient (Wildman–Crippen LogP) is 3.31. The highest BCUT2D eigenvalue weighted by atomic mass is 32.2. The van der Waals surface area contributed by atoms with E-state index in [2.05, 4.69) is 29.6 Å². The van der Waals surface area contributed by atoms with E-state index in [0.29, 0.717) is 10.5 Å². The van der Waals surface area contributed by atoms with Crippen LogP contribution < -0.4 is 10.2 Å². The van der Waals surface area contributed by atoms with E-state index >= 15 is 0 Å². The summed E-state index contributed by atoms with van der Waals surface area (Å²) in [5, 5.41) is 2.93. The lowest BCUT2D eigenvalue weighted by Crippen LogP contribution is -3.13. The van der Waals surface area contributed by atoms with Gasteiger partial charge < -0.3 is 15.1 Å². The average Bonchev–Trinajstić information content (AvgIpc) is 2.86. The number of para-hydroxylation sites is 1. The Kier molecular flexibility index (Phi) is 6.28. The van der Waals surface area contributed by atoms with Gasteiger partial charge in [-0.25, -0.2) is 0 Å². The smallest absolute Gasteiger partial charge is 0.262 e. The molecule has 5 nitrogen and oxygen atoms in total. The van der Waals surface area contributed by atoms with Gasteiger partial charge in [-0.2, -0.15) is 0 Å². The van der Waals surface area contributed by atoms with E-state index < -0.39 is 0 Å². The molecule has 0 bridgehead atoms. The number of nitrogens with zero attached hydrogens (tertiary/aromatic N) is 1. The van der Waals surface area contributed by atoms with Crippen molar-refractivity contribution in [1.82, 2.24) is 4.90 Å². The summed E-state index contributed by atoms with van der Waals surface area (Å²) in [5.74, 6) is -0.0265. The molecule has 1 saturated heterocycles.